The summed E-state index contributed by atoms with van der Waals surface area (Å²) in [7, 11) is 1.46. The Morgan fingerprint density at radius 2 is 2.04 bits per heavy atom. The van der Waals surface area contributed by atoms with Gasteiger partial charge < -0.3 is 15.4 Å². The van der Waals surface area contributed by atoms with Crippen molar-refractivity contribution in [2.75, 3.05) is 17.3 Å². The Balaban J connectivity index is 1.83. The largest absolute Gasteiger partial charge is 0.369 e. The number of carbonyl (C=O) groups is 3. The van der Waals surface area contributed by atoms with Gasteiger partial charge in [0.05, 0.1) is 5.69 Å². The summed E-state index contributed by atoms with van der Waals surface area (Å²) in [5.41, 5.74) is -0.899. The number of anilines is 2. The standard InChI is InChI=1S/C18H23N3O4/c1-17(2,25-4)14(22)19-12-6-5-7-13(10-12)21-15(23)18(3,11-8-9-11)20-16(21)24/h5-7,10-11H,8-9H2,1-4H3,(H,19,22)(H,20,24). The number of hydrogen-bond acceptors (Lipinski definition) is 4. The minimum atomic E-state index is -0.985. The maximum atomic E-state index is 12.8. The number of methoxy groups -OCH3 is 1. The first-order valence-electron chi connectivity index (χ1n) is 8.32. The van der Waals surface area contributed by atoms with Crippen LogP contribution in [-0.2, 0) is 14.3 Å². The van der Waals surface area contributed by atoms with Crippen LogP contribution >= 0.6 is 0 Å². The van der Waals surface area contributed by atoms with E-state index in [-0.39, 0.29) is 17.7 Å². The molecule has 4 amide bonds. The Morgan fingerprint density at radius 1 is 1.36 bits per heavy atom. The van der Waals surface area contributed by atoms with Crippen LogP contribution in [0, 0.1) is 5.92 Å². The van der Waals surface area contributed by atoms with E-state index in [0.29, 0.717) is 11.4 Å². The first-order chi connectivity index (χ1) is 11.7. The molecule has 7 heteroatoms. The number of nitrogens with zero attached hydrogens (tertiary/aromatic N) is 1. The molecule has 0 spiro atoms. The predicted molar refractivity (Wildman–Crippen MR) is 93.3 cm³/mol. The summed E-state index contributed by atoms with van der Waals surface area (Å²) in [5, 5.41) is 5.56. The lowest BCUT2D eigenvalue weighted by atomic mass is 9.96. The van der Waals surface area contributed by atoms with E-state index in [1.54, 1.807) is 45.0 Å². The molecule has 3 rings (SSSR count). The number of ether oxygens (including phenoxy) is 1. The Bertz CT molecular complexity index is 742. The van der Waals surface area contributed by atoms with Gasteiger partial charge in [0, 0.05) is 12.8 Å². The van der Waals surface area contributed by atoms with Crippen molar-refractivity contribution in [2.24, 2.45) is 5.92 Å². The average molecular weight is 345 g/mol. The molecule has 1 heterocycles. The average Bonchev–Trinajstić information content (AvgIpc) is 3.37. The zero-order chi connectivity index (χ0) is 18.4. The minimum absolute atomic E-state index is 0.194. The third-order valence-electron chi connectivity index (χ3n) is 5.03. The molecule has 1 atom stereocenters. The van der Waals surface area contributed by atoms with Crippen molar-refractivity contribution in [1.29, 1.82) is 0 Å². The molecule has 1 aliphatic heterocycles. The summed E-state index contributed by atoms with van der Waals surface area (Å²) < 4.78 is 5.16. The van der Waals surface area contributed by atoms with Crippen LogP contribution in [0.25, 0.3) is 0 Å². The van der Waals surface area contributed by atoms with Crippen LogP contribution in [0.1, 0.15) is 33.6 Å². The number of imide groups is 1. The van der Waals surface area contributed by atoms with Crippen LogP contribution in [0.4, 0.5) is 16.2 Å². The third-order valence-corrected chi connectivity index (χ3v) is 5.03. The molecular formula is C18H23N3O4. The summed E-state index contributed by atoms with van der Waals surface area (Å²) in [5.74, 6) is -0.368. The number of nitrogens with one attached hydrogen (secondary N) is 2. The predicted octanol–water partition coefficient (Wildman–Crippen LogP) is 2.28. The van der Waals surface area contributed by atoms with Crippen LogP contribution in [0.15, 0.2) is 24.3 Å². The monoisotopic (exact) mass is 345 g/mol. The number of urea groups is 1. The summed E-state index contributed by atoms with van der Waals surface area (Å²) in [4.78, 5) is 38.5. The van der Waals surface area contributed by atoms with Crippen molar-refractivity contribution in [1.82, 2.24) is 5.32 Å². The Hall–Kier alpha value is -2.41. The number of benzene rings is 1. The molecule has 2 N–H and O–H groups in total. The summed E-state index contributed by atoms with van der Waals surface area (Å²) >= 11 is 0. The Kier molecular flexibility index (Phi) is 4.07. The molecule has 1 unspecified atom stereocenters. The smallest absolute Gasteiger partial charge is 0.329 e. The second-order valence-corrected chi connectivity index (χ2v) is 7.27. The second kappa shape index (κ2) is 5.84. The zero-order valence-electron chi connectivity index (χ0n) is 14.9. The highest BCUT2D eigenvalue weighted by molar-refractivity contribution is 6.23. The summed E-state index contributed by atoms with van der Waals surface area (Å²) in [6, 6.07) is 6.25. The van der Waals surface area contributed by atoms with Gasteiger partial charge in [0.15, 0.2) is 0 Å². The fraction of sp³-hybridized carbons (Fsp3) is 0.500. The van der Waals surface area contributed by atoms with Crippen LogP contribution in [-0.4, -0.2) is 36.1 Å². The van der Waals surface area contributed by atoms with Crippen LogP contribution < -0.4 is 15.5 Å². The van der Waals surface area contributed by atoms with Gasteiger partial charge in [-0.05, 0) is 57.7 Å². The van der Waals surface area contributed by atoms with Gasteiger partial charge in [-0.3, -0.25) is 9.59 Å². The van der Waals surface area contributed by atoms with Gasteiger partial charge in [-0.15, -0.1) is 0 Å². The Labute approximate surface area is 146 Å². The van der Waals surface area contributed by atoms with Crippen molar-refractivity contribution >= 4 is 29.2 Å². The molecule has 1 aromatic rings. The molecule has 25 heavy (non-hydrogen) atoms. The van der Waals surface area contributed by atoms with E-state index in [2.05, 4.69) is 10.6 Å². The molecule has 1 saturated heterocycles. The minimum Gasteiger partial charge on any atom is -0.369 e. The normalized spacial score (nSPS) is 23.6. The summed E-state index contributed by atoms with van der Waals surface area (Å²) in [6.07, 6.45) is 1.89. The number of carbonyl (C=O) groups excluding carboxylic acids is 3. The SMILES string of the molecule is COC(C)(C)C(=O)Nc1cccc(N2C(=O)NC(C)(C3CC3)C2=O)c1. The lowest BCUT2D eigenvalue weighted by Crippen LogP contribution is -2.46. The quantitative estimate of drug-likeness (QED) is 0.802. The lowest BCUT2D eigenvalue weighted by Gasteiger charge is -2.23. The van der Waals surface area contributed by atoms with Crippen molar-refractivity contribution in [3.63, 3.8) is 0 Å². The molecular weight excluding hydrogens is 322 g/mol. The maximum Gasteiger partial charge on any atom is 0.329 e. The second-order valence-electron chi connectivity index (χ2n) is 7.27. The summed E-state index contributed by atoms with van der Waals surface area (Å²) in [6.45, 7) is 5.09. The van der Waals surface area contributed by atoms with Gasteiger partial charge in [0.1, 0.15) is 11.1 Å². The third kappa shape index (κ3) is 3.00. The number of amides is 4. The first-order valence-corrected chi connectivity index (χ1v) is 8.32. The highest BCUT2D eigenvalue weighted by atomic mass is 16.5. The first kappa shape index (κ1) is 17.4. The molecule has 0 radical (unpaired) electrons. The van der Waals surface area contributed by atoms with Gasteiger partial charge in [0.2, 0.25) is 0 Å². The molecule has 1 aliphatic carbocycles. The van der Waals surface area contributed by atoms with E-state index in [1.165, 1.54) is 7.11 Å². The molecule has 2 aliphatic rings. The van der Waals surface area contributed by atoms with E-state index in [4.69, 9.17) is 4.74 Å². The van der Waals surface area contributed by atoms with E-state index >= 15 is 0 Å². The van der Waals surface area contributed by atoms with Gasteiger partial charge in [-0.2, -0.15) is 0 Å². The van der Waals surface area contributed by atoms with Gasteiger partial charge in [0.25, 0.3) is 11.8 Å². The molecule has 2 fully saturated rings. The number of rotatable bonds is 5. The van der Waals surface area contributed by atoms with Crippen molar-refractivity contribution in [3.05, 3.63) is 24.3 Å². The van der Waals surface area contributed by atoms with E-state index < -0.39 is 17.2 Å². The highest BCUT2D eigenvalue weighted by Gasteiger charge is 2.56. The van der Waals surface area contributed by atoms with Crippen molar-refractivity contribution < 1.29 is 19.1 Å². The Morgan fingerprint density at radius 3 is 2.64 bits per heavy atom. The maximum absolute atomic E-state index is 12.8. The molecule has 7 nitrogen and oxygen atoms in total. The lowest BCUT2D eigenvalue weighted by molar-refractivity contribution is -0.133. The molecule has 0 bridgehead atoms. The molecule has 1 saturated carbocycles. The van der Waals surface area contributed by atoms with Crippen LogP contribution in [0.2, 0.25) is 0 Å². The van der Waals surface area contributed by atoms with E-state index in [0.717, 1.165) is 17.7 Å². The van der Waals surface area contributed by atoms with Gasteiger partial charge in [-0.1, -0.05) is 6.07 Å². The van der Waals surface area contributed by atoms with Gasteiger partial charge >= 0.3 is 6.03 Å². The van der Waals surface area contributed by atoms with Crippen LogP contribution in [0.5, 0.6) is 0 Å². The molecule has 1 aromatic carbocycles. The van der Waals surface area contributed by atoms with Crippen molar-refractivity contribution in [2.45, 2.75) is 44.8 Å². The van der Waals surface area contributed by atoms with Crippen LogP contribution in [0.3, 0.4) is 0 Å². The van der Waals surface area contributed by atoms with Crippen molar-refractivity contribution in [3.8, 4) is 0 Å². The zero-order valence-corrected chi connectivity index (χ0v) is 14.9. The fourth-order valence-electron chi connectivity index (χ4n) is 2.92. The number of hydrogen-bond donors (Lipinski definition) is 2. The topological polar surface area (TPSA) is 87.7 Å². The van der Waals surface area contributed by atoms with Gasteiger partial charge in [-0.25, -0.2) is 9.69 Å². The fourth-order valence-corrected chi connectivity index (χ4v) is 2.92. The van der Waals surface area contributed by atoms with E-state index in [1.807, 2.05) is 0 Å². The molecule has 134 valence electrons. The van der Waals surface area contributed by atoms with E-state index in [9.17, 15) is 14.4 Å². The molecule has 0 aromatic heterocycles. The highest BCUT2D eigenvalue weighted by Crippen LogP contribution is 2.43.